The second-order valence-electron chi connectivity index (χ2n) is 5.38. The molecule has 0 saturated heterocycles. The van der Waals surface area contributed by atoms with Crippen LogP contribution in [0.15, 0.2) is 4.99 Å². The summed E-state index contributed by atoms with van der Waals surface area (Å²) in [4.78, 5) is 9.21. The largest absolute Gasteiger partial charge is 0.370 e. The Morgan fingerprint density at radius 3 is 1.85 bits per heavy atom. The average molecular weight is 398 g/mol. The lowest BCUT2D eigenvalue weighted by Gasteiger charge is -2.30. The van der Waals surface area contributed by atoms with Crippen molar-refractivity contribution in [2.24, 2.45) is 16.6 Å². The molecule has 4 nitrogen and oxygen atoms in total. The van der Waals surface area contributed by atoms with Crippen LogP contribution in [-0.4, -0.2) is 54.5 Å². The van der Waals surface area contributed by atoms with E-state index in [0.29, 0.717) is 17.9 Å². The first kappa shape index (κ1) is 22.2. The molecule has 0 aliphatic rings. The molecule has 0 saturated carbocycles. The number of nitrogens with two attached hydrogens (primary N) is 1. The molecule has 0 spiro atoms. The van der Waals surface area contributed by atoms with Gasteiger partial charge in [0.05, 0.1) is 6.54 Å². The first-order valence-electron chi connectivity index (χ1n) is 7.78. The summed E-state index contributed by atoms with van der Waals surface area (Å²) < 4.78 is 0. The van der Waals surface area contributed by atoms with Crippen molar-refractivity contribution in [3.05, 3.63) is 0 Å². The molecule has 0 aliphatic carbocycles. The summed E-state index contributed by atoms with van der Waals surface area (Å²) in [5, 5.41) is 0. The SMILES string of the molecule is CCN(CC)C(N)=NCC(CC(C)C)N(CC)CC.I. The first-order valence-corrected chi connectivity index (χ1v) is 7.78. The molecule has 2 N–H and O–H groups in total. The van der Waals surface area contributed by atoms with Crippen LogP contribution in [0, 0.1) is 5.92 Å². The van der Waals surface area contributed by atoms with Crippen molar-refractivity contribution in [3.8, 4) is 0 Å². The van der Waals surface area contributed by atoms with Crippen LogP contribution in [0.1, 0.15) is 48.0 Å². The number of hydrogen-bond acceptors (Lipinski definition) is 2. The summed E-state index contributed by atoms with van der Waals surface area (Å²) in [6, 6.07) is 0.504. The standard InChI is InChI=1S/C15H34N4.HI/c1-7-18(8-2)14(11-13(5)6)12-17-15(16)19(9-3)10-4;/h13-14H,7-12H2,1-6H3,(H2,16,17);1H. The molecule has 0 aliphatic heterocycles. The third-order valence-electron chi connectivity index (χ3n) is 3.62. The van der Waals surface area contributed by atoms with Gasteiger partial charge in [0.2, 0.25) is 0 Å². The second kappa shape index (κ2) is 12.7. The molecule has 0 amide bonds. The topological polar surface area (TPSA) is 44.9 Å². The van der Waals surface area contributed by atoms with E-state index >= 15 is 0 Å². The Morgan fingerprint density at radius 1 is 1.00 bits per heavy atom. The van der Waals surface area contributed by atoms with Crippen molar-refractivity contribution in [3.63, 3.8) is 0 Å². The molecule has 0 heterocycles. The van der Waals surface area contributed by atoms with Gasteiger partial charge in [-0.3, -0.25) is 9.89 Å². The van der Waals surface area contributed by atoms with E-state index in [1.54, 1.807) is 0 Å². The van der Waals surface area contributed by atoms with Crippen LogP contribution < -0.4 is 5.73 Å². The van der Waals surface area contributed by atoms with Gasteiger partial charge in [0, 0.05) is 19.1 Å². The van der Waals surface area contributed by atoms with Gasteiger partial charge in [0.15, 0.2) is 5.96 Å². The molecule has 5 heteroatoms. The van der Waals surface area contributed by atoms with Crippen molar-refractivity contribution in [2.45, 2.75) is 54.0 Å². The normalized spacial score (nSPS) is 13.5. The molecule has 1 atom stereocenters. The van der Waals surface area contributed by atoms with Gasteiger partial charge in [-0.25, -0.2) is 0 Å². The fourth-order valence-corrected chi connectivity index (χ4v) is 2.47. The summed E-state index contributed by atoms with van der Waals surface area (Å²) in [5.74, 6) is 1.38. The van der Waals surface area contributed by atoms with E-state index in [1.165, 1.54) is 6.42 Å². The summed E-state index contributed by atoms with van der Waals surface area (Å²) in [6.45, 7) is 18.0. The number of likely N-dealkylation sites (N-methyl/N-ethyl adjacent to an activating group) is 1. The Kier molecular flexibility index (Phi) is 14.1. The molecule has 0 aromatic heterocycles. The highest BCUT2D eigenvalue weighted by atomic mass is 127. The van der Waals surface area contributed by atoms with Crippen LogP contribution in [0.4, 0.5) is 0 Å². The average Bonchev–Trinajstić information content (AvgIpc) is 2.38. The second-order valence-corrected chi connectivity index (χ2v) is 5.38. The Labute approximate surface area is 143 Å². The number of halogens is 1. The van der Waals surface area contributed by atoms with Crippen molar-refractivity contribution in [1.29, 1.82) is 0 Å². The first-order chi connectivity index (χ1) is 8.99. The lowest BCUT2D eigenvalue weighted by Crippen LogP contribution is -2.41. The van der Waals surface area contributed by atoms with E-state index in [1.807, 2.05) is 0 Å². The third-order valence-corrected chi connectivity index (χ3v) is 3.62. The fraction of sp³-hybridized carbons (Fsp3) is 0.933. The molecule has 0 rings (SSSR count). The third kappa shape index (κ3) is 8.29. The van der Waals surface area contributed by atoms with E-state index in [2.05, 4.69) is 56.3 Å². The Balaban J connectivity index is 0. The molecule has 122 valence electrons. The smallest absolute Gasteiger partial charge is 0.191 e. The van der Waals surface area contributed by atoms with Gasteiger partial charge in [-0.05, 0) is 39.3 Å². The molecule has 0 radical (unpaired) electrons. The summed E-state index contributed by atoms with van der Waals surface area (Å²) in [6.07, 6.45) is 1.18. The molecule has 0 fully saturated rings. The van der Waals surface area contributed by atoms with Crippen LogP contribution in [0.5, 0.6) is 0 Å². The summed E-state index contributed by atoms with van der Waals surface area (Å²) in [7, 11) is 0. The van der Waals surface area contributed by atoms with Crippen LogP contribution in [0.3, 0.4) is 0 Å². The number of rotatable bonds is 9. The maximum Gasteiger partial charge on any atom is 0.191 e. The van der Waals surface area contributed by atoms with Crippen LogP contribution >= 0.6 is 24.0 Å². The number of hydrogen-bond donors (Lipinski definition) is 1. The lowest BCUT2D eigenvalue weighted by atomic mass is 10.0. The summed E-state index contributed by atoms with van der Waals surface area (Å²) >= 11 is 0. The maximum atomic E-state index is 6.06. The zero-order chi connectivity index (χ0) is 14.8. The Bertz CT molecular complexity index is 248. The van der Waals surface area contributed by atoms with E-state index in [9.17, 15) is 0 Å². The van der Waals surface area contributed by atoms with E-state index < -0.39 is 0 Å². The van der Waals surface area contributed by atoms with Crippen molar-refractivity contribution in [1.82, 2.24) is 9.80 Å². The van der Waals surface area contributed by atoms with Gasteiger partial charge in [-0.1, -0.05) is 27.7 Å². The number of aliphatic imine (C=N–C) groups is 1. The lowest BCUT2D eigenvalue weighted by molar-refractivity contribution is 0.196. The fourth-order valence-electron chi connectivity index (χ4n) is 2.47. The Morgan fingerprint density at radius 2 is 1.50 bits per heavy atom. The molecule has 1 unspecified atom stereocenters. The van der Waals surface area contributed by atoms with Crippen molar-refractivity contribution < 1.29 is 0 Å². The highest BCUT2D eigenvalue weighted by molar-refractivity contribution is 14.0. The van der Waals surface area contributed by atoms with Gasteiger partial charge < -0.3 is 10.6 Å². The van der Waals surface area contributed by atoms with E-state index in [0.717, 1.165) is 32.7 Å². The minimum atomic E-state index is 0. The Hall–Kier alpha value is -0.0400. The van der Waals surface area contributed by atoms with Gasteiger partial charge >= 0.3 is 0 Å². The van der Waals surface area contributed by atoms with Crippen LogP contribution in [-0.2, 0) is 0 Å². The predicted octanol–water partition coefficient (Wildman–Crippen LogP) is 3.02. The maximum absolute atomic E-state index is 6.06. The van der Waals surface area contributed by atoms with Gasteiger partial charge in [0.1, 0.15) is 0 Å². The zero-order valence-electron chi connectivity index (χ0n) is 14.2. The van der Waals surface area contributed by atoms with Crippen molar-refractivity contribution in [2.75, 3.05) is 32.7 Å². The summed E-state index contributed by atoms with van der Waals surface area (Å²) in [5.41, 5.74) is 6.06. The number of guanidine groups is 1. The quantitative estimate of drug-likeness (QED) is 0.369. The molecular weight excluding hydrogens is 363 g/mol. The van der Waals surface area contributed by atoms with Crippen molar-refractivity contribution >= 4 is 29.9 Å². The highest BCUT2D eigenvalue weighted by Gasteiger charge is 2.17. The minimum absolute atomic E-state index is 0. The molecule has 0 bridgehead atoms. The molecule has 0 aromatic carbocycles. The van der Waals surface area contributed by atoms with E-state index in [-0.39, 0.29) is 24.0 Å². The zero-order valence-corrected chi connectivity index (χ0v) is 16.6. The highest BCUT2D eigenvalue weighted by Crippen LogP contribution is 2.12. The number of nitrogens with zero attached hydrogens (tertiary/aromatic N) is 3. The van der Waals surface area contributed by atoms with Gasteiger partial charge in [-0.2, -0.15) is 0 Å². The predicted molar refractivity (Wildman–Crippen MR) is 101 cm³/mol. The van der Waals surface area contributed by atoms with Crippen LogP contribution in [0.2, 0.25) is 0 Å². The van der Waals surface area contributed by atoms with E-state index in [4.69, 9.17) is 5.73 Å². The monoisotopic (exact) mass is 398 g/mol. The molecule has 20 heavy (non-hydrogen) atoms. The minimum Gasteiger partial charge on any atom is -0.370 e. The molecule has 0 aromatic rings. The molecular formula is C15H35IN4. The van der Waals surface area contributed by atoms with Crippen LogP contribution in [0.25, 0.3) is 0 Å². The van der Waals surface area contributed by atoms with Gasteiger partial charge in [-0.15, -0.1) is 24.0 Å². The van der Waals surface area contributed by atoms with Gasteiger partial charge in [0.25, 0.3) is 0 Å².